The van der Waals surface area contributed by atoms with Gasteiger partial charge in [0.25, 0.3) is 0 Å². The summed E-state index contributed by atoms with van der Waals surface area (Å²) in [5.74, 6) is 1.02. The van der Waals surface area contributed by atoms with Crippen LogP contribution in [0.3, 0.4) is 0 Å². The van der Waals surface area contributed by atoms with Crippen molar-refractivity contribution in [1.29, 1.82) is 0 Å². The number of rotatable bonds is 4. The summed E-state index contributed by atoms with van der Waals surface area (Å²) < 4.78 is 0. The van der Waals surface area contributed by atoms with E-state index in [-0.39, 0.29) is 17.8 Å². The molecule has 1 aromatic rings. The second-order valence-corrected chi connectivity index (χ2v) is 6.82. The molecule has 0 radical (unpaired) electrons. The van der Waals surface area contributed by atoms with E-state index in [4.69, 9.17) is 11.6 Å². The maximum absolute atomic E-state index is 12.9. The van der Waals surface area contributed by atoms with Crippen LogP contribution in [0.25, 0.3) is 0 Å². The van der Waals surface area contributed by atoms with Gasteiger partial charge in [-0.1, -0.05) is 23.7 Å². The van der Waals surface area contributed by atoms with E-state index in [1.807, 2.05) is 31.3 Å². The molecule has 0 bridgehead atoms. The second kappa shape index (κ2) is 7.20. The minimum atomic E-state index is -0.277. The number of nitrogens with one attached hydrogen (secondary N) is 1. The highest BCUT2D eigenvalue weighted by Crippen LogP contribution is 2.50. The van der Waals surface area contributed by atoms with Crippen LogP contribution in [-0.4, -0.2) is 37.5 Å². The number of benzene rings is 1. The van der Waals surface area contributed by atoms with Gasteiger partial charge in [-0.25, -0.2) is 0 Å². The molecule has 122 valence electrons. The van der Waals surface area contributed by atoms with E-state index in [9.17, 15) is 4.79 Å². The number of likely N-dealkylation sites (tertiary alicyclic amines) is 1. The summed E-state index contributed by atoms with van der Waals surface area (Å²) in [5, 5.41) is 3.96. The van der Waals surface area contributed by atoms with E-state index < -0.39 is 0 Å². The Bertz CT molecular complexity index is 523. The van der Waals surface area contributed by atoms with Crippen molar-refractivity contribution in [2.75, 3.05) is 26.7 Å². The van der Waals surface area contributed by atoms with Gasteiger partial charge in [-0.05, 0) is 62.9 Å². The summed E-state index contributed by atoms with van der Waals surface area (Å²) in [6.45, 7) is 2.85. The molecular weight excluding hydrogens is 319 g/mol. The minimum Gasteiger partial charge on any atom is -0.342 e. The van der Waals surface area contributed by atoms with Gasteiger partial charge < -0.3 is 10.2 Å². The van der Waals surface area contributed by atoms with Crippen molar-refractivity contribution < 1.29 is 4.79 Å². The van der Waals surface area contributed by atoms with Crippen LogP contribution < -0.4 is 5.32 Å². The fourth-order valence-corrected chi connectivity index (χ4v) is 3.66. The molecule has 1 N–H and O–H groups in total. The summed E-state index contributed by atoms with van der Waals surface area (Å²) in [7, 11) is 2.00. The normalized spacial score (nSPS) is 20.4. The predicted molar refractivity (Wildman–Crippen MR) is 92.8 cm³/mol. The first-order valence-corrected chi connectivity index (χ1v) is 8.23. The average molecular weight is 343 g/mol. The highest BCUT2D eigenvalue weighted by Gasteiger charge is 2.53. The van der Waals surface area contributed by atoms with E-state index in [1.54, 1.807) is 0 Å². The van der Waals surface area contributed by atoms with Crippen molar-refractivity contribution in [2.24, 2.45) is 5.92 Å². The third-order valence-electron chi connectivity index (χ3n) is 4.93. The van der Waals surface area contributed by atoms with Crippen molar-refractivity contribution in [2.45, 2.75) is 31.1 Å². The molecule has 0 atom stereocenters. The lowest BCUT2D eigenvalue weighted by atomic mass is 9.91. The Morgan fingerprint density at radius 1 is 1.36 bits per heavy atom. The molecule has 0 unspecified atom stereocenters. The number of carbonyl (C=O) groups is 1. The SMILES string of the molecule is CNCC1CCN(C(=O)C2(c3cccc(Cl)c3)CC2)CC1.Cl. The number of carbonyl (C=O) groups excluding carboxylic acids is 1. The monoisotopic (exact) mass is 342 g/mol. The number of hydrogen-bond acceptors (Lipinski definition) is 2. The Hall–Kier alpha value is -0.770. The van der Waals surface area contributed by atoms with Crippen LogP contribution >= 0.6 is 24.0 Å². The van der Waals surface area contributed by atoms with Crippen LogP contribution in [-0.2, 0) is 10.2 Å². The molecule has 0 spiro atoms. The topological polar surface area (TPSA) is 32.3 Å². The van der Waals surface area contributed by atoms with E-state index in [0.717, 1.165) is 55.9 Å². The van der Waals surface area contributed by atoms with Gasteiger partial charge in [0.2, 0.25) is 5.91 Å². The molecule has 5 heteroatoms. The average Bonchev–Trinajstić information content (AvgIpc) is 3.29. The van der Waals surface area contributed by atoms with Crippen molar-refractivity contribution in [3.05, 3.63) is 34.9 Å². The predicted octanol–water partition coefficient (Wildman–Crippen LogP) is 3.25. The van der Waals surface area contributed by atoms with Gasteiger partial charge >= 0.3 is 0 Å². The Labute approximate surface area is 143 Å². The van der Waals surface area contributed by atoms with E-state index >= 15 is 0 Å². The fourth-order valence-electron chi connectivity index (χ4n) is 3.47. The summed E-state index contributed by atoms with van der Waals surface area (Å²) in [5.41, 5.74) is 0.818. The quantitative estimate of drug-likeness (QED) is 0.910. The van der Waals surface area contributed by atoms with Gasteiger partial charge in [-0.3, -0.25) is 4.79 Å². The standard InChI is InChI=1S/C17H23ClN2O.ClH/c1-19-12-13-5-9-20(10-6-13)16(21)17(7-8-17)14-3-2-4-15(18)11-14;/h2-4,11,13,19H,5-10,12H2,1H3;1H. The number of halogens is 2. The van der Waals surface area contributed by atoms with E-state index in [2.05, 4.69) is 10.2 Å². The first-order chi connectivity index (χ1) is 10.2. The molecule has 2 aliphatic rings. The second-order valence-electron chi connectivity index (χ2n) is 6.39. The highest BCUT2D eigenvalue weighted by atomic mass is 35.5. The summed E-state index contributed by atoms with van der Waals surface area (Å²) in [6.07, 6.45) is 4.14. The van der Waals surface area contributed by atoms with Crippen molar-refractivity contribution >= 4 is 29.9 Å². The summed E-state index contributed by atoms with van der Waals surface area (Å²) in [6, 6.07) is 7.82. The molecule has 2 fully saturated rings. The number of hydrogen-bond donors (Lipinski definition) is 1. The largest absolute Gasteiger partial charge is 0.342 e. The summed E-state index contributed by atoms with van der Waals surface area (Å²) >= 11 is 6.09. The van der Waals surface area contributed by atoms with Gasteiger partial charge in [0.1, 0.15) is 0 Å². The lowest BCUT2D eigenvalue weighted by molar-refractivity contribution is -0.135. The van der Waals surface area contributed by atoms with Crippen molar-refractivity contribution in [3.8, 4) is 0 Å². The van der Waals surface area contributed by atoms with Gasteiger partial charge in [-0.2, -0.15) is 0 Å². The van der Waals surface area contributed by atoms with Crippen LogP contribution in [0.4, 0.5) is 0 Å². The zero-order valence-electron chi connectivity index (χ0n) is 13.0. The zero-order valence-corrected chi connectivity index (χ0v) is 14.6. The lowest BCUT2D eigenvalue weighted by Gasteiger charge is -2.34. The lowest BCUT2D eigenvalue weighted by Crippen LogP contribution is -2.45. The third kappa shape index (κ3) is 3.42. The zero-order chi connectivity index (χ0) is 14.9. The molecule has 1 aromatic carbocycles. The van der Waals surface area contributed by atoms with E-state index in [1.165, 1.54) is 0 Å². The molecule has 3 nitrogen and oxygen atoms in total. The molecule has 1 aliphatic heterocycles. The smallest absolute Gasteiger partial charge is 0.233 e. The molecule has 22 heavy (non-hydrogen) atoms. The van der Waals surface area contributed by atoms with Crippen molar-refractivity contribution in [1.82, 2.24) is 10.2 Å². The number of nitrogens with zero attached hydrogens (tertiary/aromatic N) is 1. The van der Waals surface area contributed by atoms with Gasteiger partial charge in [0.05, 0.1) is 5.41 Å². The Kier molecular flexibility index (Phi) is 5.76. The van der Waals surface area contributed by atoms with Crippen LogP contribution in [0.5, 0.6) is 0 Å². The number of piperidine rings is 1. The highest BCUT2D eigenvalue weighted by molar-refractivity contribution is 6.30. The first-order valence-electron chi connectivity index (χ1n) is 7.86. The van der Waals surface area contributed by atoms with Crippen molar-refractivity contribution in [3.63, 3.8) is 0 Å². The molecule has 0 aromatic heterocycles. The Morgan fingerprint density at radius 2 is 2.05 bits per heavy atom. The van der Waals surface area contributed by atoms with Gasteiger partial charge in [0.15, 0.2) is 0 Å². The Balaban J connectivity index is 0.00000176. The molecule has 1 saturated carbocycles. The maximum atomic E-state index is 12.9. The first kappa shape index (κ1) is 17.6. The molecule has 1 saturated heterocycles. The van der Waals surface area contributed by atoms with E-state index in [0.29, 0.717) is 11.8 Å². The van der Waals surface area contributed by atoms with Gasteiger partial charge in [-0.15, -0.1) is 12.4 Å². The fraction of sp³-hybridized carbons (Fsp3) is 0.588. The molecule has 1 aliphatic carbocycles. The maximum Gasteiger partial charge on any atom is 0.233 e. The molecule has 1 amide bonds. The van der Waals surface area contributed by atoms with Crippen LogP contribution in [0.1, 0.15) is 31.2 Å². The van der Waals surface area contributed by atoms with Crippen LogP contribution in [0.2, 0.25) is 5.02 Å². The number of amides is 1. The summed E-state index contributed by atoms with van der Waals surface area (Å²) in [4.78, 5) is 15.0. The molecular formula is C17H24Cl2N2O. The van der Waals surface area contributed by atoms with Crippen LogP contribution in [0, 0.1) is 5.92 Å². The minimum absolute atomic E-state index is 0. The third-order valence-corrected chi connectivity index (χ3v) is 5.17. The molecule has 1 heterocycles. The van der Waals surface area contributed by atoms with Gasteiger partial charge in [0, 0.05) is 18.1 Å². The Morgan fingerprint density at radius 3 is 2.59 bits per heavy atom. The van der Waals surface area contributed by atoms with Crippen LogP contribution in [0.15, 0.2) is 24.3 Å². The molecule has 3 rings (SSSR count).